The minimum atomic E-state index is -0.302. The molecule has 0 spiro atoms. The summed E-state index contributed by atoms with van der Waals surface area (Å²) in [6.07, 6.45) is 1.40. The summed E-state index contributed by atoms with van der Waals surface area (Å²) in [5.41, 5.74) is 0. The highest BCUT2D eigenvalue weighted by atomic mass is 127. The van der Waals surface area contributed by atoms with Crippen molar-refractivity contribution in [2.24, 2.45) is 0 Å². The average Bonchev–Trinajstić information content (AvgIpc) is 2.44. The quantitative estimate of drug-likeness (QED) is 0.194. The summed E-state index contributed by atoms with van der Waals surface area (Å²) in [5.74, 6) is -0.604. The summed E-state index contributed by atoms with van der Waals surface area (Å²) in [7, 11) is 0. The number of nitrogens with zero attached hydrogens (tertiary/aromatic N) is 1. The molecule has 0 heterocycles. The van der Waals surface area contributed by atoms with Crippen molar-refractivity contribution in [2.75, 3.05) is 26.3 Å². The van der Waals surface area contributed by atoms with Gasteiger partial charge < -0.3 is 9.47 Å². The average molecular weight is 512 g/mol. The SMILES string of the molecule is CCC(I)C(=O)OCCN([O])CCOC(=O)C(I)CC. The number of halogens is 2. The Morgan fingerprint density at radius 1 is 0.950 bits per heavy atom. The highest BCUT2D eigenvalue weighted by molar-refractivity contribution is 14.1. The van der Waals surface area contributed by atoms with Gasteiger partial charge in [-0.1, -0.05) is 59.0 Å². The molecule has 0 aromatic carbocycles. The molecule has 0 aliphatic heterocycles. The molecule has 0 bridgehead atoms. The molecular formula is C12H20I2NO5. The normalized spacial score (nSPS) is 13.9. The molecule has 0 rings (SSSR count). The van der Waals surface area contributed by atoms with Crippen LogP contribution < -0.4 is 0 Å². The molecule has 0 aliphatic rings. The number of hydrogen-bond donors (Lipinski definition) is 0. The van der Waals surface area contributed by atoms with Crippen LogP contribution in [-0.2, 0) is 24.3 Å². The van der Waals surface area contributed by atoms with Gasteiger partial charge in [0, 0.05) is 0 Å². The molecule has 6 nitrogen and oxygen atoms in total. The minimum absolute atomic E-state index is 0.0552. The number of hydrogen-bond acceptors (Lipinski definition) is 5. The fourth-order valence-electron chi connectivity index (χ4n) is 1.12. The fourth-order valence-corrected chi connectivity index (χ4v) is 1.48. The maximum absolute atomic E-state index is 11.4. The summed E-state index contributed by atoms with van der Waals surface area (Å²) in [5, 5.41) is 12.1. The third-order valence-corrected chi connectivity index (χ3v) is 5.18. The van der Waals surface area contributed by atoms with Crippen LogP contribution in [0.3, 0.4) is 0 Å². The Morgan fingerprint density at radius 3 is 1.60 bits per heavy atom. The topological polar surface area (TPSA) is 75.7 Å². The van der Waals surface area contributed by atoms with Crippen LogP contribution in [-0.4, -0.2) is 51.2 Å². The van der Waals surface area contributed by atoms with E-state index in [9.17, 15) is 14.8 Å². The smallest absolute Gasteiger partial charge is 0.318 e. The molecular weight excluding hydrogens is 492 g/mol. The Balaban J connectivity index is 3.67. The van der Waals surface area contributed by atoms with Gasteiger partial charge in [-0.3, -0.25) is 9.59 Å². The number of hydroxylamine groups is 2. The van der Waals surface area contributed by atoms with Crippen LogP contribution in [0.4, 0.5) is 0 Å². The second-order valence-electron chi connectivity index (χ2n) is 4.02. The van der Waals surface area contributed by atoms with E-state index in [0.29, 0.717) is 12.8 Å². The van der Waals surface area contributed by atoms with Crippen LogP contribution >= 0.6 is 45.2 Å². The highest BCUT2D eigenvalue weighted by Gasteiger charge is 2.15. The van der Waals surface area contributed by atoms with E-state index in [4.69, 9.17) is 9.47 Å². The molecule has 0 aromatic rings. The van der Waals surface area contributed by atoms with Crippen LogP contribution in [0.2, 0.25) is 0 Å². The Morgan fingerprint density at radius 2 is 1.30 bits per heavy atom. The maximum atomic E-state index is 11.4. The predicted molar refractivity (Wildman–Crippen MR) is 90.4 cm³/mol. The second-order valence-corrected chi connectivity index (χ2v) is 7.02. The Kier molecular flexibility index (Phi) is 12.1. The predicted octanol–water partition coefficient (Wildman–Crippen LogP) is 2.15. The molecule has 0 saturated heterocycles. The molecule has 0 aliphatic carbocycles. The van der Waals surface area contributed by atoms with E-state index in [-0.39, 0.29) is 46.1 Å². The van der Waals surface area contributed by atoms with Crippen molar-refractivity contribution in [3.05, 3.63) is 0 Å². The number of rotatable bonds is 10. The molecule has 0 fully saturated rings. The largest absolute Gasteiger partial charge is 0.463 e. The van der Waals surface area contributed by atoms with Gasteiger partial charge in [-0.05, 0) is 12.8 Å². The number of carbonyl (C=O) groups excluding carboxylic acids is 2. The summed E-state index contributed by atoms with van der Waals surface area (Å²) >= 11 is 4.01. The summed E-state index contributed by atoms with van der Waals surface area (Å²) in [4.78, 5) is 22.7. The first-order valence-corrected chi connectivity index (χ1v) is 8.94. The van der Waals surface area contributed by atoms with Crippen LogP contribution in [0, 0.1) is 0 Å². The van der Waals surface area contributed by atoms with Gasteiger partial charge in [-0.2, -0.15) is 0 Å². The molecule has 0 N–H and O–H groups in total. The lowest BCUT2D eigenvalue weighted by Crippen LogP contribution is -2.30. The lowest BCUT2D eigenvalue weighted by molar-refractivity contribution is -0.178. The molecule has 2 unspecified atom stereocenters. The van der Waals surface area contributed by atoms with E-state index in [1.807, 2.05) is 59.0 Å². The van der Waals surface area contributed by atoms with Gasteiger partial charge in [0.25, 0.3) is 0 Å². The molecule has 0 amide bonds. The third-order valence-electron chi connectivity index (χ3n) is 2.40. The van der Waals surface area contributed by atoms with Crippen molar-refractivity contribution in [1.29, 1.82) is 0 Å². The van der Waals surface area contributed by atoms with E-state index in [0.717, 1.165) is 5.06 Å². The van der Waals surface area contributed by atoms with Gasteiger partial charge >= 0.3 is 11.9 Å². The lowest BCUT2D eigenvalue weighted by atomic mass is 10.3. The third kappa shape index (κ3) is 9.29. The zero-order valence-electron chi connectivity index (χ0n) is 11.6. The van der Waals surface area contributed by atoms with Crippen LogP contribution in [0.15, 0.2) is 0 Å². The second kappa shape index (κ2) is 11.9. The number of ether oxygens (including phenoxy) is 2. The van der Waals surface area contributed by atoms with Crippen molar-refractivity contribution in [3.8, 4) is 0 Å². The molecule has 2 atom stereocenters. The van der Waals surface area contributed by atoms with Crippen molar-refractivity contribution in [1.82, 2.24) is 5.06 Å². The summed E-state index contributed by atoms with van der Waals surface area (Å²) in [6, 6.07) is 0. The van der Waals surface area contributed by atoms with Gasteiger partial charge in [-0.25, -0.2) is 0 Å². The standard InChI is InChI=1S/C12H20I2NO5/c1-3-9(13)11(16)19-7-5-15(18)6-8-20-12(17)10(14)4-2/h9-10H,3-8H2,1-2H3. The zero-order chi connectivity index (χ0) is 15.5. The number of alkyl halides is 2. The Bertz CT molecular complexity index is 276. The van der Waals surface area contributed by atoms with E-state index in [2.05, 4.69) is 0 Å². The first-order chi connectivity index (χ1) is 9.42. The number of carbonyl (C=O) groups is 2. The number of esters is 2. The van der Waals surface area contributed by atoms with Crippen molar-refractivity contribution >= 4 is 57.1 Å². The van der Waals surface area contributed by atoms with Gasteiger partial charge in [-0.15, -0.1) is 10.3 Å². The monoisotopic (exact) mass is 512 g/mol. The van der Waals surface area contributed by atoms with Crippen molar-refractivity contribution in [3.63, 3.8) is 0 Å². The summed E-state index contributed by atoms with van der Waals surface area (Å²) < 4.78 is 9.55. The van der Waals surface area contributed by atoms with Gasteiger partial charge in [0.15, 0.2) is 0 Å². The first kappa shape index (κ1) is 20.3. The van der Waals surface area contributed by atoms with Crippen LogP contribution in [0.25, 0.3) is 0 Å². The fraction of sp³-hybridized carbons (Fsp3) is 0.833. The zero-order valence-corrected chi connectivity index (χ0v) is 16.0. The lowest BCUT2D eigenvalue weighted by Gasteiger charge is -2.14. The summed E-state index contributed by atoms with van der Waals surface area (Å²) in [6.45, 7) is 4.06. The first-order valence-electron chi connectivity index (χ1n) is 6.45. The van der Waals surface area contributed by atoms with Crippen molar-refractivity contribution < 1.29 is 24.3 Å². The van der Waals surface area contributed by atoms with E-state index in [1.54, 1.807) is 0 Å². The minimum Gasteiger partial charge on any atom is -0.463 e. The maximum Gasteiger partial charge on any atom is 0.318 e. The van der Waals surface area contributed by atoms with Gasteiger partial charge in [0.1, 0.15) is 21.1 Å². The molecule has 0 aromatic heterocycles. The van der Waals surface area contributed by atoms with E-state index >= 15 is 0 Å². The molecule has 117 valence electrons. The van der Waals surface area contributed by atoms with E-state index in [1.165, 1.54) is 0 Å². The Labute approximate surface area is 146 Å². The molecule has 1 radical (unpaired) electrons. The van der Waals surface area contributed by atoms with Crippen LogP contribution in [0.5, 0.6) is 0 Å². The Hall–Kier alpha value is 0.320. The molecule has 20 heavy (non-hydrogen) atoms. The van der Waals surface area contributed by atoms with Crippen LogP contribution in [0.1, 0.15) is 26.7 Å². The van der Waals surface area contributed by atoms with Gasteiger partial charge in [0.05, 0.1) is 13.1 Å². The highest BCUT2D eigenvalue weighted by Crippen LogP contribution is 2.08. The van der Waals surface area contributed by atoms with Gasteiger partial charge in [0.2, 0.25) is 0 Å². The van der Waals surface area contributed by atoms with E-state index < -0.39 is 0 Å². The van der Waals surface area contributed by atoms with Crippen molar-refractivity contribution in [2.45, 2.75) is 34.5 Å². The molecule has 0 saturated carbocycles. The molecule has 8 heteroatoms.